The lowest BCUT2D eigenvalue weighted by atomic mass is 10.0. The second-order valence-corrected chi connectivity index (χ2v) is 7.48. The van der Waals surface area contributed by atoms with Crippen molar-refractivity contribution in [2.45, 2.75) is 6.92 Å². The molecule has 8 nitrogen and oxygen atoms in total. The molecule has 2 aromatic carbocycles. The van der Waals surface area contributed by atoms with E-state index in [1.165, 1.54) is 48.5 Å². The SMILES string of the molecule is COc1ccc(-n2c(-c3cnco3)nc3c(-c4ccc(C)nc4)cc(C#N)cc3c2=O)cc1F. The summed E-state index contributed by atoms with van der Waals surface area (Å²) in [6, 6.07) is 13.0. The number of aromatic nitrogens is 4. The first-order valence-electron chi connectivity index (χ1n) is 10.2. The van der Waals surface area contributed by atoms with Gasteiger partial charge in [0.2, 0.25) is 0 Å². The van der Waals surface area contributed by atoms with E-state index >= 15 is 0 Å². The van der Waals surface area contributed by atoms with Crippen LogP contribution in [0.3, 0.4) is 0 Å². The van der Waals surface area contributed by atoms with Crippen molar-refractivity contribution in [3.63, 3.8) is 0 Å². The summed E-state index contributed by atoms with van der Waals surface area (Å²) in [5, 5.41) is 9.80. The van der Waals surface area contributed by atoms with Crippen LogP contribution in [0.1, 0.15) is 11.3 Å². The summed E-state index contributed by atoms with van der Waals surface area (Å²) in [4.78, 5) is 26.8. The van der Waals surface area contributed by atoms with E-state index < -0.39 is 11.4 Å². The standard InChI is InChI=1S/C25H16FN5O3/c1-14-3-4-16(11-29-14)18-7-15(10-27)8-19-23(18)30-24(22-12-28-13-34-22)31(25(19)32)17-5-6-21(33-2)20(26)9-17/h3-9,11-13H,1-2H3. The summed E-state index contributed by atoms with van der Waals surface area (Å²) in [5.41, 5.74) is 2.42. The van der Waals surface area contributed by atoms with Gasteiger partial charge in [0.05, 0.1) is 41.5 Å². The van der Waals surface area contributed by atoms with Crippen molar-refractivity contribution in [2.75, 3.05) is 7.11 Å². The van der Waals surface area contributed by atoms with Crippen LogP contribution in [0.25, 0.3) is 39.3 Å². The quantitative estimate of drug-likeness (QED) is 0.396. The normalized spacial score (nSPS) is 10.9. The van der Waals surface area contributed by atoms with Gasteiger partial charge in [-0.3, -0.25) is 14.3 Å². The maximum Gasteiger partial charge on any atom is 0.266 e. The van der Waals surface area contributed by atoms with Crippen LogP contribution in [0.15, 0.2) is 70.5 Å². The Hall–Kier alpha value is -4.84. The molecule has 5 rings (SSSR count). The fourth-order valence-electron chi connectivity index (χ4n) is 3.73. The molecule has 166 valence electrons. The van der Waals surface area contributed by atoms with Crippen LogP contribution in [0.2, 0.25) is 0 Å². The van der Waals surface area contributed by atoms with E-state index in [-0.39, 0.29) is 34.0 Å². The maximum absolute atomic E-state index is 14.5. The van der Waals surface area contributed by atoms with Crippen LogP contribution >= 0.6 is 0 Å². The number of methoxy groups -OCH3 is 1. The second-order valence-electron chi connectivity index (χ2n) is 7.48. The third-order valence-corrected chi connectivity index (χ3v) is 5.37. The molecule has 0 bridgehead atoms. The molecule has 0 radical (unpaired) electrons. The fraction of sp³-hybridized carbons (Fsp3) is 0.0800. The molecule has 0 atom stereocenters. The Labute approximate surface area is 192 Å². The van der Waals surface area contributed by atoms with Gasteiger partial charge in [0.15, 0.2) is 29.5 Å². The van der Waals surface area contributed by atoms with Crippen LogP contribution in [-0.4, -0.2) is 26.6 Å². The van der Waals surface area contributed by atoms with Gasteiger partial charge in [-0.05, 0) is 37.3 Å². The molecule has 0 amide bonds. The third kappa shape index (κ3) is 3.47. The summed E-state index contributed by atoms with van der Waals surface area (Å²) in [7, 11) is 1.35. The van der Waals surface area contributed by atoms with E-state index in [4.69, 9.17) is 14.1 Å². The van der Waals surface area contributed by atoms with E-state index in [0.717, 1.165) is 5.69 Å². The lowest BCUT2D eigenvalue weighted by Crippen LogP contribution is -2.22. The predicted molar refractivity (Wildman–Crippen MR) is 122 cm³/mol. The predicted octanol–water partition coefficient (Wildman–Crippen LogP) is 4.43. The van der Waals surface area contributed by atoms with Crippen LogP contribution in [0, 0.1) is 24.1 Å². The minimum atomic E-state index is -0.646. The van der Waals surface area contributed by atoms with Gasteiger partial charge in [-0.15, -0.1) is 0 Å². The van der Waals surface area contributed by atoms with Crippen molar-refractivity contribution in [2.24, 2.45) is 0 Å². The van der Waals surface area contributed by atoms with E-state index in [1.807, 2.05) is 19.1 Å². The number of hydrogen-bond acceptors (Lipinski definition) is 7. The summed E-state index contributed by atoms with van der Waals surface area (Å²) < 4.78 is 26.2. The Morgan fingerprint density at radius 2 is 2.00 bits per heavy atom. The maximum atomic E-state index is 14.5. The molecular weight excluding hydrogens is 437 g/mol. The minimum absolute atomic E-state index is 0.0349. The molecule has 0 fully saturated rings. The number of oxazole rings is 1. The molecule has 0 spiro atoms. The molecule has 0 N–H and O–H groups in total. The third-order valence-electron chi connectivity index (χ3n) is 5.37. The Morgan fingerprint density at radius 1 is 1.15 bits per heavy atom. The van der Waals surface area contributed by atoms with Crippen LogP contribution in [0.5, 0.6) is 5.75 Å². The number of pyridine rings is 1. The molecule has 5 aromatic rings. The fourth-order valence-corrected chi connectivity index (χ4v) is 3.73. The first-order valence-corrected chi connectivity index (χ1v) is 10.2. The zero-order chi connectivity index (χ0) is 23.8. The highest BCUT2D eigenvalue weighted by Crippen LogP contribution is 2.31. The first-order chi connectivity index (χ1) is 16.5. The van der Waals surface area contributed by atoms with Gasteiger partial charge in [0.1, 0.15) is 0 Å². The molecule has 0 aliphatic rings. The molecule has 0 saturated carbocycles. The lowest BCUT2D eigenvalue weighted by Gasteiger charge is -2.15. The van der Waals surface area contributed by atoms with Gasteiger partial charge in [-0.1, -0.05) is 6.07 Å². The van der Waals surface area contributed by atoms with Crippen molar-refractivity contribution in [1.29, 1.82) is 5.26 Å². The number of fused-ring (bicyclic) bond motifs is 1. The highest BCUT2D eigenvalue weighted by atomic mass is 19.1. The zero-order valence-electron chi connectivity index (χ0n) is 18.1. The van der Waals surface area contributed by atoms with Gasteiger partial charge in [-0.25, -0.2) is 14.4 Å². The first kappa shape index (κ1) is 21.0. The molecule has 0 unspecified atom stereocenters. The summed E-state index contributed by atoms with van der Waals surface area (Å²) in [5.74, 6) is -0.265. The number of aryl methyl sites for hydroxylation is 1. The average Bonchev–Trinajstić information content (AvgIpc) is 3.39. The highest BCUT2D eigenvalue weighted by molar-refractivity contribution is 5.95. The van der Waals surface area contributed by atoms with Crippen molar-refractivity contribution in [3.05, 3.63) is 88.7 Å². The van der Waals surface area contributed by atoms with Gasteiger partial charge < -0.3 is 9.15 Å². The van der Waals surface area contributed by atoms with Gasteiger partial charge in [0.25, 0.3) is 5.56 Å². The van der Waals surface area contributed by atoms with E-state index in [0.29, 0.717) is 16.6 Å². The number of nitriles is 1. The smallest absolute Gasteiger partial charge is 0.266 e. The van der Waals surface area contributed by atoms with Crippen molar-refractivity contribution in [1.82, 2.24) is 19.5 Å². The van der Waals surface area contributed by atoms with E-state index in [9.17, 15) is 14.4 Å². The Morgan fingerprint density at radius 3 is 2.65 bits per heavy atom. The molecule has 3 aromatic heterocycles. The Bertz CT molecular complexity index is 1640. The van der Waals surface area contributed by atoms with E-state index in [1.54, 1.807) is 12.3 Å². The van der Waals surface area contributed by atoms with Crippen LogP contribution in [0.4, 0.5) is 4.39 Å². The topological polar surface area (TPSA) is 107 Å². The molecular formula is C25H16FN5O3. The average molecular weight is 453 g/mol. The van der Waals surface area contributed by atoms with Gasteiger partial charge in [0, 0.05) is 29.1 Å². The van der Waals surface area contributed by atoms with Crippen molar-refractivity contribution in [3.8, 4) is 40.2 Å². The molecule has 0 aliphatic carbocycles. The molecule has 9 heteroatoms. The molecule has 3 heterocycles. The number of benzene rings is 2. The summed E-state index contributed by atoms with van der Waals surface area (Å²) in [6.07, 6.45) is 4.29. The lowest BCUT2D eigenvalue weighted by molar-refractivity contribution is 0.386. The number of rotatable bonds is 4. The highest BCUT2D eigenvalue weighted by Gasteiger charge is 2.21. The number of nitrogens with zero attached hydrogens (tertiary/aromatic N) is 5. The largest absolute Gasteiger partial charge is 0.494 e. The number of ether oxygens (including phenoxy) is 1. The monoisotopic (exact) mass is 453 g/mol. The molecule has 0 aliphatic heterocycles. The van der Waals surface area contributed by atoms with Gasteiger partial charge >= 0.3 is 0 Å². The Kier molecular flexibility index (Phi) is 5.11. The van der Waals surface area contributed by atoms with E-state index in [2.05, 4.69) is 16.0 Å². The number of halogens is 1. The zero-order valence-corrected chi connectivity index (χ0v) is 18.1. The minimum Gasteiger partial charge on any atom is -0.494 e. The summed E-state index contributed by atoms with van der Waals surface area (Å²) >= 11 is 0. The summed E-state index contributed by atoms with van der Waals surface area (Å²) in [6.45, 7) is 1.86. The van der Waals surface area contributed by atoms with Crippen molar-refractivity contribution < 1.29 is 13.5 Å². The van der Waals surface area contributed by atoms with Gasteiger partial charge in [-0.2, -0.15) is 5.26 Å². The molecule has 34 heavy (non-hydrogen) atoms. The number of hydrogen-bond donors (Lipinski definition) is 0. The van der Waals surface area contributed by atoms with Crippen LogP contribution < -0.4 is 10.3 Å². The molecule has 0 saturated heterocycles. The Balaban J connectivity index is 1.90. The second kappa shape index (κ2) is 8.26. The van der Waals surface area contributed by atoms with Crippen molar-refractivity contribution >= 4 is 10.9 Å². The van der Waals surface area contributed by atoms with Crippen LogP contribution in [-0.2, 0) is 0 Å².